The number of hydrogen-bond donors (Lipinski definition) is 0. The molecule has 0 radical (unpaired) electrons. The van der Waals surface area contributed by atoms with Crippen LogP contribution in [-0.2, 0) is 0 Å². The molecule has 0 fully saturated rings. The number of ether oxygens (including phenoxy) is 1. The van der Waals surface area contributed by atoms with Crippen molar-refractivity contribution in [3.63, 3.8) is 0 Å². The molecular formula is C25H27ClN2O4. The van der Waals surface area contributed by atoms with Crippen LogP contribution in [0.5, 0.6) is 5.75 Å². The average Bonchev–Trinajstić information content (AvgIpc) is 3.05. The van der Waals surface area contributed by atoms with E-state index in [1.54, 1.807) is 23.1 Å². The lowest BCUT2D eigenvalue weighted by molar-refractivity contribution is 0.0722. The van der Waals surface area contributed by atoms with Gasteiger partial charge in [0.05, 0.1) is 23.6 Å². The summed E-state index contributed by atoms with van der Waals surface area (Å²) in [5.41, 5.74) is 1.32. The lowest BCUT2D eigenvalue weighted by Gasteiger charge is -2.26. The molecule has 1 aliphatic rings. The van der Waals surface area contributed by atoms with Gasteiger partial charge in [0.15, 0.2) is 5.43 Å². The number of halogens is 1. The van der Waals surface area contributed by atoms with Gasteiger partial charge in [-0.25, -0.2) is 0 Å². The van der Waals surface area contributed by atoms with Gasteiger partial charge in [0.1, 0.15) is 11.3 Å². The highest BCUT2D eigenvalue weighted by molar-refractivity contribution is 6.31. The van der Waals surface area contributed by atoms with E-state index >= 15 is 0 Å². The van der Waals surface area contributed by atoms with Crippen molar-refractivity contribution >= 4 is 28.5 Å². The minimum absolute atomic E-state index is 0.111. The summed E-state index contributed by atoms with van der Waals surface area (Å²) in [6, 6.07) is 11.9. The Bertz CT molecular complexity index is 1200. The molecule has 32 heavy (non-hydrogen) atoms. The third-order valence-corrected chi connectivity index (χ3v) is 5.81. The molecule has 0 N–H and O–H groups in total. The fraction of sp³-hybridized carbons (Fsp3) is 0.360. The number of hydrogen-bond acceptors (Lipinski definition) is 5. The zero-order valence-corrected chi connectivity index (χ0v) is 19.3. The minimum Gasteiger partial charge on any atom is -0.494 e. The van der Waals surface area contributed by atoms with Gasteiger partial charge in [-0.2, -0.15) is 0 Å². The predicted octanol–water partition coefficient (Wildman–Crippen LogP) is 4.73. The van der Waals surface area contributed by atoms with Crippen LogP contribution in [0.1, 0.15) is 47.5 Å². The second kappa shape index (κ2) is 9.35. The summed E-state index contributed by atoms with van der Waals surface area (Å²) < 4.78 is 11.8. The fourth-order valence-electron chi connectivity index (χ4n) is 4.12. The molecule has 1 aliphatic heterocycles. The number of benzene rings is 2. The Labute approximate surface area is 192 Å². The second-order valence-electron chi connectivity index (χ2n) is 8.29. The topological polar surface area (TPSA) is 63.0 Å². The molecule has 168 valence electrons. The van der Waals surface area contributed by atoms with Gasteiger partial charge in [0.25, 0.3) is 5.91 Å². The monoisotopic (exact) mass is 454 g/mol. The van der Waals surface area contributed by atoms with Gasteiger partial charge < -0.3 is 19.0 Å². The van der Waals surface area contributed by atoms with Crippen LogP contribution in [0.3, 0.4) is 0 Å². The molecule has 0 spiro atoms. The lowest BCUT2D eigenvalue weighted by atomic mass is 9.98. The normalized spacial score (nSPS) is 15.6. The molecule has 2 heterocycles. The van der Waals surface area contributed by atoms with E-state index in [9.17, 15) is 9.59 Å². The third kappa shape index (κ3) is 4.25. The maximum absolute atomic E-state index is 13.5. The molecule has 4 rings (SSSR count). The molecule has 0 aliphatic carbocycles. The van der Waals surface area contributed by atoms with Gasteiger partial charge >= 0.3 is 0 Å². The van der Waals surface area contributed by atoms with Crippen molar-refractivity contribution in [1.29, 1.82) is 0 Å². The van der Waals surface area contributed by atoms with Crippen LogP contribution in [0.4, 0.5) is 0 Å². The predicted molar refractivity (Wildman–Crippen MR) is 126 cm³/mol. The van der Waals surface area contributed by atoms with Crippen molar-refractivity contribution in [3.8, 4) is 5.75 Å². The molecular weight excluding hydrogens is 428 g/mol. The molecule has 2 aromatic carbocycles. The average molecular weight is 455 g/mol. The van der Waals surface area contributed by atoms with Gasteiger partial charge in [-0.3, -0.25) is 9.59 Å². The highest BCUT2D eigenvalue weighted by Gasteiger charge is 2.42. The Hall–Kier alpha value is -2.83. The zero-order valence-electron chi connectivity index (χ0n) is 18.6. The van der Waals surface area contributed by atoms with E-state index in [0.29, 0.717) is 40.5 Å². The first kappa shape index (κ1) is 22.4. The fourth-order valence-corrected chi connectivity index (χ4v) is 4.29. The maximum atomic E-state index is 13.5. The van der Waals surface area contributed by atoms with Gasteiger partial charge in [0, 0.05) is 11.6 Å². The summed E-state index contributed by atoms with van der Waals surface area (Å²) in [5.74, 6) is 0.559. The quantitative estimate of drug-likeness (QED) is 0.492. The third-order valence-electron chi connectivity index (χ3n) is 5.58. The molecule has 1 amide bonds. The van der Waals surface area contributed by atoms with Crippen LogP contribution in [0.2, 0.25) is 5.02 Å². The molecule has 6 nitrogen and oxygen atoms in total. The van der Waals surface area contributed by atoms with E-state index < -0.39 is 6.04 Å². The number of fused-ring (bicyclic) bond motifs is 2. The summed E-state index contributed by atoms with van der Waals surface area (Å²) in [7, 11) is 3.99. The zero-order chi connectivity index (χ0) is 22.8. The van der Waals surface area contributed by atoms with Crippen LogP contribution in [0, 0.1) is 0 Å². The number of carbonyl (C=O) groups excluding carboxylic acids is 1. The molecule has 0 unspecified atom stereocenters. The molecule has 1 atom stereocenters. The Morgan fingerprint density at radius 1 is 1.16 bits per heavy atom. The van der Waals surface area contributed by atoms with Crippen LogP contribution < -0.4 is 10.2 Å². The summed E-state index contributed by atoms with van der Waals surface area (Å²) in [4.78, 5) is 30.8. The molecule has 3 aromatic rings. The van der Waals surface area contributed by atoms with Crippen molar-refractivity contribution < 1.29 is 13.9 Å². The van der Waals surface area contributed by atoms with E-state index in [1.165, 1.54) is 0 Å². The van der Waals surface area contributed by atoms with Crippen molar-refractivity contribution in [2.45, 2.75) is 25.8 Å². The largest absolute Gasteiger partial charge is 0.494 e. The maximum Gasteiger partial charge on any atom is 0.290 e. The number of nitrogens with zero attached hydrogens (tertiary/aromatic N) is 2. The van der Waals surface area contributed by atoms with Crippen LogP contribution in [0.25, 0.3) is 11.0 Å². The van der Waals surface area contributed by atoms with E-state index in [2.05, 4.69) is 4.90 Å². The van der Waals surface area contributed by atoms with Gasteiger partial charge in [-0.05, 0) is 69.4 Å². The molecule has 7 heteroatoms. The van der Waals surface area contributed by atoms with Crippen molar-refractivity contribution in [2.75, 3.05) is 33.8 Å². The molecule has 0 bridgehead atoms. The van der Waals surface area contributed by atoms with Crippen molar-refractivity contribution in [1.82, 2.24) is 9.80 Å². The van der Waals surface area contributed by atoms with Gasteiger partial charge in [0.2, 0.25) is 5.76 Å². The first-order valence-corrected chi connectivity index (χ1v) is 11.2. The van der Waals surface area contributed by atoms with E-state index in [4.69, 9.17) is 20.8 Å². The Kier molecular flexibility index (Phi) is 6.53. The summed E-state index contributed by atoms with van der Waals surface area (Å²) in [6.07, 6.45) is 1.66. The van der Waals surface area contributed by atoms with E-state index in [1.807, 2.05) is 45.3 Å². The highest BCUT2D eigenvalue weighted by atomic mass is 35.5. The Morgan fingerprint density at radius 3 is 2.72 bits per heavy atom. The van der Waals surface area contributed by atoms with E-state index in [0.717, 1.165) is 24.9 Å². The Balaban J connectivity index is 1.84. The van der Waals surface area contributed by atoms with Gasteiger partial charge in [-0.1, -0.05) is 30.7 Å². The van der Waals surface area contributed by atoms with Crippen molar-refractivity contribution in [2.24, 2.45) is 0 Å². The number of amides is 1. The van der Waals surface area contributed by atoms with Crippen molar-refractivity contribution in [3.05, 3.63) is 74.6 Å². The molecule has 1 aromatic heterocycles. The summed E-state index contributed by atoms with van der Waals surface area (Å²) in [6.45, 7) is 3.97. The summed E-state index contributed by atoms with van der Waals surface area (Å²) >= 11 is 6.14. The van der Waals surface area contributed by atoms with Crippen LogP contribution in [0.15, 0.2) is 51.7 Å². The number of carbonyl (C=O) groups is 1. The molecule has 0 saturated heterocycles. The smallest absolute Gasteiger partial charge is 0.290 e. The standard InChI is InChI=1S/C25H27ClN2O4/c1-4-13-31-18-8-5-7-16(14-18)22-21-23(29)19-15-17(26)9-10-20(19)32-24(21)25(30)28(22)12-6-11-27(2)3/h5,7-10,14-15,22H,4,6,11-13H2,1-3H3/t22-/m1/s1. The lowest BCUT2D eigenvalue weighted by Crippen LogP contribution is -2.32. The number of rotatable bonds is 8. The Morgan fingerprint density at radius 2 is 1.97 bits per heavy atom. The SMILES string of the molecule is CCCOc1cccc([C@@H]2c3c(oc4ccc(Cl)cc4c3=O)C(=O)N2CCCN(C)C)c1. The minimum atomic E-state index is -0.538. The summed E-state index contributed by atoms with van der Waals surface area (Å²) in [5, 5.41) is 0.825. The van der Waals surface area contributed by atoms with Gasteiger partial charge in [-0.15, -0.1) is 0 Å². The van der Waals surface area contributed by atoms with Crippen LogP contribution in [-0.4, -0.2) is 49.5 Å². The first-order chi connectivity index (χ1) is 15.4. The first-order valence-electron chi connectivity index (χ1n) is 10.9. The second-order valence-corrected chi connectivity index (χ2v) is 8.73. The van der Waals surface area contributed by atoms with Crippen LogP contribution >= 0.6 is 11.6 Å². The van der Waals surface area contributed by atoms with E-state index in [-0.39, 0.29) is 17.1 Å². The highest BCUT2D eigenvalue weighted by Crippen LogP contribution is 2.39. The molecule has 0 saturated carbocycles.